The standard InChI is InChI=1S/C30H38F2N6O3/c1-6-9-13-41-28-27-33-11-12-37(27)19-25(36-28)23-15-24(34-18-26(23)40-5)20(4)38(8-3)29(39)35-22(10-7-2)14-21-16-30(31,32)17-21/h6-7,11-12,15,18-22H,1-2,8-10,13-14,16-17H2,3-5H3,(H,35,39)/t20-,22?/m1/s1. The number of alkyl halides is 2. The molecule has 0 radical (unpaired) electrons. The van der Waals surface area contributed by atoms with E-state index < -0.39 is 12.0 Å². The Morgan fingerprint density at radius 1 is 1.32 bits per heavy atom. The Hall–Kier alpha value is -4.02. The van der Waals surface area contributed by atoms with E-state index in [1.807, 2.05) is 36.7 Å². The molecule has 1 unspecified atom stereocenters. The number of halogens is 2. The van der Waals surface area contributed by atoms with Crippen LogP contribution in [0.1, 0.15) is 57.7 Å². The molecule has 0 spiro atoms. The van der Waals surface area contributed by atoms with Gasteiger partial charge in [0.25, 0.3) is 5.88 Å². The van der Waals surface area contributed by atoms with Crippen molar-refractivity contribution in [2.45, 2.75) is 64.0 Å². The van der Waals surface area contributed by atoms with E-state index in [0.29, 0.717) is 66.6 Å². The van der Waals surface area contributed by atoms with Gasteiger partial charge in [0.1, 0.15) is 5.75 Å². The summed E-state index contributed by atoms with van der Waals surface area (Å²) >= 11 is 0. The Morgan fingerprint density at radius 2 is 2.10 bits per heavy atom. The molecule has 1 aliphatic carbocycles. The molecule has 9 nitrogen and oxygen atoms in total. The van der Waals surface area contributed by atoms with Crippen LogP contribution in [0.2, 0.25) is 0 Å². The molecule has 1 saturated carbocycles. The second kappa shape index (κ2) is 13.1. The molecule has 11 heteroatoms. The van der Waals surface area contributed by atoms with Gasteiger partial charge in [-0.3, -0.25) is 4.98 Å². The van der Waals surface area contributed by atoms with Crippen LogP contribution >= 0.6 is 0 Å². The predicted molar refractivity (Wildman–Crippen MR) is 153 cm³/mol. The van der Waals surface area contributed by atoms with Crippen LogP contribution < -0.4 is 14.8 Å². The summed E-state index contributed by atoms with van der Waals surface area (Å²) in [6.07, 6.45) is 11.8. The summed E-state index contributed by atoms with van der Waals surface area (Å²) in [6, 6.07) is 0.901. The maximum absolute atomic E-state index is 13.4. The number of carbonyl (C=O) groups excluding carboxylic acids is 1. The molecular weight excluding hydrogens is 530 g/mol. The van der Waals surface area contributed by atoms with E-state index in [1.165, 1.54) is 0 Å². The number of amides is 2. The SMILES string of the molecule is C=CCCOc1nc(-c2cc([C@@H](C)N(CC)C(=O)NC(CC=C)CC3CC(F)(F)C3)ncc2OC)cn2ccnc12. The third-order valence-corrected chi connectivity index (χ3v) is 7.36. The van der Waals surface area contributed by atoms with Crippen molar-refractivity contribution >= 4 is 11.7 Å². The van der Waals surface area contributed by atoms with Gasteiger partial charge in [-0.25, -0.2) is 23.5 Å². The number of carbonyl (C=O) groups is 1. The summed E-state index contributed by atoms with van der Waals surface area (Å²) in [7, 11) is 1.56. The van der Waals surface area contributed by atoms with Gasteiger partial charge < -0.3 is 24.1 Å². The highest BCUT2D eigenvalue weighted by molar-refractivity contribution is 5.75. The maximum Gasteiger partial charge on any atom is 0.318 e. The minimum atomic E-state index is -2.59. The molecule has 41 heavy (non-hydrogen) atoms. The number of nitrogens with one attached hydrogen (secondary N) is 1. The van der Waals surface area contributed by atoms with E-state index in [1.54, 1.807) is 36.6 Å². The maximum atomic E-state index is 13.4. The summed E-state index contributed by atoms with van der Waals surface area (Å²) in [5.74, 6) is -1.81. The van der Waals surface area contributed by atoms with Crippen molar-refractivity contribution in [2.75, 3.05) is 20.3 Å². The fourth-order valence-electron chi connectivity index (χ4n) is 5.20. The van der Waals surface area contributed by atoms with Gasteiger partial charge in [0.05, 0.1) is 37.3 Å². The number of nitrogens with zero attached hydrogens (tertiary/aromatic N) is 5. The monoisotopic (exact) mass is 568 g/mol. The summed E-state index contributed by atoms with van der Waals surface area (Å²) in [6.45, 7) is 12.1. The minimum absolute atomic E-state index is 0.112. The molecule has 3 aromatic rings. The van der Waals surface area contributed by atoms with Crippen molar-refractivity contribution < 1.29 is 23.0 Å². The molecule has 0 aliphatic heterocycles. The quantitative estimate of drug-likeness (QED) is 0.183. The number of methoxy groups -OCH3 is 1. The number of rotatable bonds is 14. The molecule has 1 N–H and O–H groups in total. The highest BCUT2D eigenvalue weighted by Gasteiger charge is 2.45. The Balaban J connectivity index is 1.57. The van der Waals surface area contributed by atoms with Crippen LogP contribution in [0.3, 0.4) is 0 Å². The summed E-state index contributed by atoms with van der Waals surface area (Å²) in [5, 5.41) is 3.04. The first-order valence-corrected chi connectivity index (χ1v) is 13.9. The van der Waals surface area contributed by atoms with Crippen molar-refractivity contribution in [1.82, 2.24) is 29.6 Å². The molecule has 3 aromatic heterocycles. The number of pyridine rings is 1. The minimum Gasteiger partial charge on any atom is -0.494 e. The van der Waals surface area contributed by atoms with Gasteiger partial charge in [-0.1, -0.05) is 12.2 Å². The largest absolute Gasteiger partial charge is 0.494 e. The average Bonchev–Trinajstić information content (AvgIpc) is 3.41. The van der Waals surface area contributed by atoms with Crippen molar-refractivity contribution in [3.05, 3.63) is 61.9 Å². The van der Waals surface area contributed by atoms with E-state index in [-0.39, 0.29) is 30.8 Å². The Morgan fingerprint density at radius 3 is 2.76 bits per heavy atom. The molecule has 4 rings (SSSR count). The number of urea groups is 1. The lowest BCUT2D eigenvalue weighted by Crippen LogP contribution is -2.48. The van der Waals surface area contributed by atoms with Crippen molar-refractivity contribution in [2.24, 2.45) is 5.92 Å². The molecule has 1 fully saturated rings. The topological polar surface area (TPSA) is 93.9 Å². The van der Waals surface area contributed by atoms with Crippen molar-refractivity contribution in [1.29, 1.82) is 0 Å². The number of ether oxygens (including phenoxy) is 2. The molecule has 0 bridgehead atoms. The molecule has 220 valence electrons. The summed E-state index contributed by atoms with van der Waals surface area (Å²) in [4.78, 5) is 28.7. The predicted octanol–water partition coefficient (Wildman–Crippen LogP) is 6.23. The Labute approximate surface area is 239 Å². The number of fused-ring (bicyclic) bond motifs is 1. The van der Waals surface area contributed by atoms with Crippen LogP contribution in [0.25, 0.3) is 16.9 Å². The second-order valence-corrected chi connectivity index (χ2v) is 10.3. The third kappa shape index (κ3) is 7.01. The Bertz CT molecular complexity index is 1370. The van der Waals surface area contributed by atoms with Gasteiger partial charge in [0.15, 0.2) is 0 Å². The van der Waals surface area contributed by atoms with Gasteiger partial charge >= 0.3 is 6.03 Å². The van der Waals surface area contributed by atoms with Gasteiger partial charge in [0.2, 0.25) is 11.6 Å². The van der Waals surface area contributed by atoms with E-state index >= 15 is 0 Å². The smallest absolute Gasteiger partial charge is 0.318 e. The first kappa shape index (κ1) is 30.0. The van der Waals surface area contributed by atoms with Crippen LogP contribution in [0.15, 0.2) is 56.2 Å². The normalized spacial score (nSPS) is 15.9. The number of aromatic nitrogens is 4. The number of imidazole rings is 1. The molecular formula is C30H38F2N6O3. The Kier molecular flexibility index (Phi) is 9.57. The van der Waals surface area contributed by atoms with Crippen LogP contribution in [-0.4, -0.2) is 62.5 Å². The van der Waals surface area contributed by atoms with Gasteiger partial charge in [-0.2, -0.15) is 0 Å². The van der Waals surface area contributed by atoms with Crippen LogP contribution in [0.4, 0.5) is 13.6 Å². The first-order chi connectivity index (χ1) is 19.7. The zero-order valence-electron chi connectivity index (χ0n) is 23.9. The molecule has 0 aromatic carbocycles. The van der Waals surface area contributed by atoms with Gasteiger partial charge in [0, 0.05) is 49.6 Å². The highest BCUT2D eigenvalue weighted by atomic mass is 19.3. The average molecular weight is 569 g/mol. The molecule has 2 atom stereocenters. The summed E-state index contributed by atoms with van der Waals surface area (Å²) in [5.41, 5.74) is 2.50. The fraction of sp³-hybridized carbons (Fsp3) is 0.467. The molecule has 2 amide bonds. The molecule has 1 aliphatic rings. The van der Waals surface area contributed by atoms with Crippen LogP contribution in [0, 0.1) is 5.92 Å². The van der Waals surface area contributed by atoms with E-state index in [9.17, 15) is 13.6 Å². The van der Waals surface area contributed by atoms with Gasteiger partial charge in [-0.05, 0) is 45.1 Å². The zero-order valence-corrected chi connectivity index (χ0v) is 23.9. The van der Waals surface area contributed by atoms with Gasteiger partial charge in [-0.15, -0.1) is 13.2 Å². The zero-order chi connectivity index (χ0) is 29.6. The third-order valence-electron chi connectivity index (χ3n) is 7.36. The highest BCUT2D eigenvalue weighted by Crippen LogP contribution is 2.44. The summed E-state index contributed by atoms with van der Waals surface area (Å²) < 4.78 is 40.1. The van der Waals surface area contributed by atoms with E-state index in [2.05, 4.69) is 28.4 Å². The number of hydrogen-bond donors (Lipinski definition) is 1. The van der Waals surface area contributed by atoms with E-state index in [4.69, 9.17) is 14.5 Å². The lowest BCUT2D eigenvalue weighted by atomic mass is 9.77. The molecule has 0 saturated heterocycles. The van der Waals surface area contributed by atoms with E-state index in [0.717, 1.165) is 0 Å². The van der Waals surface area contributed by atoms with Crippen LogP contribution in [0.5, 0.6) is 11.6 Å². The number of hydrogen-bond acceptors (Lipinski definition) is 6. The van der Waals surface area contributed by atoms with Crippen LogP contribution in [-0.2, 0) is 0 Å². The lowest BCUT2D eigenvalue weighted by Gasteiger charge is -2.37. The first-order valence-electron chi connectivity index (χ1n) is 13.9. The van der Waals surface area contributed by atoms with Crippen molar-refractivity contribution in [3.8, 4) is 22.9 Å². The second-order valence-electron chi connectivity index (χ2n) is 10.3. The lowest BCUT2D eigenvalue weighted by molar-refractivity contribution is -0.113. The molecule has 3 heterocycles. The fourth-order valence-corrected chi connectivity index (χ4v) is 5.20. The van der Waals surface area contributed by atoms with Crippen molar-refractivity contribution in [3.63, 3.8) is 0 Å².